The first-order valence-electron chi connectivity index (χ1n) is 1.59. The molecule has 0 bridgehead atoms. The predicted molar refractivity (Wildman–Crippen MR) is 31.3 cm³/mol. The maximum absolute atomic E-state index is 10.0. The molecule has 0 spiro atoms. The van der Waals surface area contributed by atoms with Crippen molar-refractivity contribution < 1.29 is 14.2 Å². The van der Waals surface area contributed by atoms with Crippen molar-refractivity contribution in [1.29, 1.82) is 0 Å². The first-order chi connectivity index (χ1) is 3.31. The van der Waals surface area contributed by atoms with E-state index in [0.717, 1.165) is 0 Å². The van der Waals surface area contributed by atoms with E-state index in [1.807, 2.05) is 0 Å². The number of rotatable bonds is 2. The Hall–Kier alpha value is 0.290. The molecule has 1 N–H and O–H groups in total. The molecule has 0 aliphatic carbocycles. The molecule has 5 heteroatoms. The van der Waals surface area contributed by atoms with Crippen LogP contribution in [0.3, 0.4) is 0 Å². The predicted octanol–water partition coefficient (Wildman–Crippen LogP) is 0.932. The van der Waals surface area contributed by atoms with Gasteiger partial charge in [-0.2, -0.15) is 0 Å². The maximum Gasteiger partial charge on any atom is 0.327 e. The molecular weight excluding hydrogens is 134 g/mol. The summed E-state index contributed by atoms with van der Waals surface area (Å²) in [6.45, 7) is 1.70. The van der Waals surface area contributed by atoms with Gasteiger partial charge in [0.2, 0.25) is 9.03 Å². The van der Waals surface area contributed by atoms with Crippen LogP contribution in [-0.4, -0.2) is 17.3 Å². The maximum atomic E-state index is 10.0. The second-order valence-electron chi connectivity index (χ2n) is 0.731. The van der Waals surface area contributed by atoms with Crippen LogP contribution >= 0.6 is 17.6 Å². The van der Waals surface area contributed by atoms with Gasteiger partial charge in [-0.25, -0.2) is 4.79 Å². The standard InChI is InChI=1S/C2H6O3P2/c1-6-2(3)5-7-4/h4,6-7H,1H3. The lowest BCUT2D eigenvalue weighted by atomic mass is 11.6. The monoisotopic (exact) mass is 140 g/mol. The molecule has 2 atom stereocenters. The fourth-order valence-electron chi connectivity index (χ4n) is 0.0925. The van der Waals surface area contributed by atoms with E-state index in [9.17, 15) is 4.79 Å². The van der Waals surface area contributed by atoms with Gasteiger partial charge >= 0.3 is 5.71 Å². The smallest absolute Gasteiger partial charge is 0.327 e. The summed E-state index contributed by atoms with van der Waals surface area (Å²) in [6, 6.07) is 0. The molecule has 0 heterocycles. The summed E-state index contributed by atoms with van der Waals surface area (Å²) in [5.41, 5.74) is -0.333. The van der Waals surface area contributed by atoms with E-state index < -0.39 is 9.03 Å². The molecule has 0 aromatic rings. The Morgan fingerprint density at radius 3 is 2.57 bits per heavy atom. The number of carbonyl (C=O) groups is 1. The Kier molecular flexibility index (Phi) is 4.63. The van der Waals surface area contributed by atoms with Crippen LogP contribution in [0.2, 0.25) is 0 Å². The van der Waals surface area contributed by atoms with Gasteiger partial charge in [-0.3, -0.25) is 0 Å². The highest BCUT2D eigenvalue weighted by molar-refractivity contribution is 7.57. The Morgan fingerprint density at radius 1 is 1.86 bits per heavy atom. The molecule has 3 nitrogen and oxygen atoms in total. The van der Waals surface area contributed by atoms with Crippen molar-refractivity contribution in [3.05, 3.63) is 0 Å². The Balaban J connectivity index is 3.00. The molecule has 0 amide bonds. The Labute approximate surface area is 45.2 Å². The lowest BCUT2D eigenvalue weighted by Gasteiger charge is -1.91. The molecule has 0 rings (SSSR count). The molecule has 0 aromatic heterocycles. The van der Waals surface area contributed by atoms with Crippen molar-refractivity contribution >= 4 is 23.3 Å². The highest BCUT2D eigenvalue weighted by Gasteiger charge is 1.92. The third-order valence-electron chi connectivity index (χ3n) is 0.342. The quantitative estimate of drug-likeness (QED) is 0.580. The van der Waals surface area contributed by atoms with Crippen LogP contribution in [0, 0.1) is 0 Å². The second kappa shape index (κ2) is 4.45. The third kappa shape index (κ3) is 4.14. The molecule has 0 aliphatic rings. The highest BCUT2D eigenvalue weighted by atomic mass is 31.1. The first kappa shape index (κ1) is 7.29. The lowest BCUT2D eigenvalue weighted by molar-refractivity contribution is 0.228. The molecular formula is C2H6O3P2. The van der Waals surface area contributed by atoms with Crippen LogP contribution in [0.1, 0.15) is 0 Å². The lowest BCUT2D eigenvalue weighted by Crippen LogP contribution is -1.80. The zero-order valence-electron chi connectivity index (χ0n) is 3.76. The van der Waals surface area contributed by atoms with E-state index >= 15 is 0 Å². The van der Waals surface area contributed by atoms with Gasteiger partial charge < -0.3 is 9.42 Å². The van der Waals surface area contributed by atoms with Crippen molar-refractivity contribution in [3.63, 3.8) is 0 Å². The molecule has 2 unspecified atom stereocenters. The fourth-order valence-corrected chi connectivity index (χ4v) is 0.721. The van der Waals surface area contributed by atoms with Crippen LogP contribution in [0.4, 0.5) is 4.79 Å². The summed E-state index contributed by atoms with van der Waals surface area (Å²) in [5, 5.41) is 0. The average molecular weight is 140 g/mol. The van der Waals surface area contributed by atoms with Gasteiger partial charge in [0.05, 0.1) is 0 Å². The van der Waals surface area contributed by atoms with Crippen LogP contribution in [-0.2, 0) is 4.52 Å². The van der Waals surface area contributed by atoms with Gasteiger partial charge in [-0.1, -0.05) is 0 Å². The van der Waals surface area contributed by atoms with Crippen LogP contribution in [0.25, 0.3) is 0 Å². The Morgan fingerprint density at radius 2 is 2.43 bits per heavy atom. The summed E-state index contributed by atoms with van der Waals surface area (Å²) in [7, 11) is -0.573. The summed E-state index contributed by atoms with van der Waals surface area (Å²) < 4.78 is 4.15. The van der Waals surface area contributed by atoms with Crippen LogP contribution in [0.15, 0.2) is 0 Å². The summed E-state index contributed by atoms with van der Waals surface area (Å²) in [4.78, 5) is 18.0. The van der Waals surface area contributed by atoms with Gasteiger partial charge in [0, 0.05) is 0 Å². The first-order valence-corrected chi connectivity index (χ1v) is 3.94. The molecule has 0 aliphatic heterocycles. The number of carbonyl (C=O) groups excluding carboxylic acids is 1. The molecule has 0 aromatic carbocycles. The minimum Gasteiger partial charge on any atom is -0.417 e. The van der Waals surface area contributed by atoms with Crippen LogP contribution in [0.5, 0.6) is 0 Å². The molecule has 0 fully saturated rings. The number of hydrogen-bond acceptors (Lipinski definition) is 3. The minimum atomic E-state index is -0.698. The summed E-state index contributed by atoms with van der Waals surface area (Å²) in [5.74, 6) is 0. The van der Waals surface area contributed by atoms with Gasteiger partial charge in [-0.15, -0.1) is 0 Å². The van der Waals surface area contributed by atoms with Gasteiger partial charge in [0.15, 0.2) is 0 Å². The van der Waals surface area contributed by atoms with Gasteiger partial charge in [0.1, 0.15) is 0 Å². The normalized spacial score (nSPS) is 11.7. The van der Waals surface area contributed by atoms with Gasteiger partial charge in [0.25, 0.3) is 0 Å². The van der Waals surface area contributed by atoms with E-state index in [4.69, 9.17) is 4.89 Å². The van der Waals surface area contributed by atoms with Crippen molar-refractivity contribution in [2.75, 3.05) is 6.66 Å². The fraction of sp³-hybridized carbons (Fsp3) is 0.500. The largest absolute Gasteiger partial charge is 0.417 e. The van der Waals surface area contributed by atoms with E-state index in [1.165, 1.54) is 0 Å². The topological polar surface area (TPSA) is 46.5 Å². The van der Waals surface area contributed by atoms with Crippen LogP contribution < -0.4 is 0 Å². The molecule has 7 heavy (non-hydrogen) atoms. The molecule has 0 saturated carbocycles. The minimum absolute atomic E-state index is 0.124. The van der Waals surface area contributed by atoms with E-state index in [2.05, 4.69) is 4.52 Å². The van der Waals surface area contributed by atoms with Crippen molar-refractivity contribution in [2.45, 2.75) is 0 Å². The zero-order chi connectivity index (χ0) is 5.70. The summed E-state index contributed by atoms with van der Waals surface area (Å²) >= 11 is 0. The van der Waals surface area contributed by atoms with Gasteiger partial charge in [-0.05, 0) is 15.2 Å². The second-order valence-corrected chi connectivity index (χ2v) is 2.03. The third-order valence-corrected chi connectivity index (χ3v) is 1.33. The van der Waals surface area contributed by atoms with E-state index in [-0.39, 0.29) is 14.3 Å². The SMILES string of the molecule is CPC(=O)OPO. The van der Waals surface area contributed by atoms with E-state index in [0.29, 0.717) is 0 Å². The Bertz CT molecular complexity index is 64.0. The average Bonchev–Trinajstić information content (AvgIpc) is 1.68. The van der Waals surface area contributed by atoms with E-state index in [1.54, 1.807) is 6.66 Å². The molecule has 42 valence electrons. The van der Waals surface area contributed by atoms with Crippen molar-refractivity contribution in [1.82, 2.24) is 0 Å². The van der Waals surface area contributed by atoms with Crippen molar-refractivity contribution in [3.8, 4) is 0 Å². The molecule has 0 radical (unpaired) electrons. The van der Waals surface area contributed by atoms with Crippen molar-refractivity contribution in [2.24, 2.45) is 0 Å². The zero-order valence-corrected chi connectivity index (χ0v) is 5.76. The number of hydrogen-bond donors (Lipinski definition) is 1. The highest BCUT2D eigenvalue weighted by Crippen LogP contribution is 2.14. The molecule has 0 saturated heterocycles. The summed E-state index contributed by atoms with van der Waals surface area (Å²) in [6.07, 6.45) is 0.